The summed E-state index contributed by atoms with van der Waals surface area (Å²) in [5, 5.41) is 3.47. The predicted octanol–water partition coefficient (Wildman–Crippen LogP) is 5.46. The molecule has 0 aliphatic carbocycles. The molecule has 0 bridgehead atoms. The first-order valence-electron chi connectivity index (χ1n) is 13.5. The first-order valence-corrected chi connectivity index (χ1v) is 15.4. The fourth-order valence-electron chi connectivity index (χ4n) is 5.57. The van der Waals surface area contributed by atoms with Gasteiger partial charge in [0.25, 0.3) is 0 Å². The van der Waals surface area contributed by atoms with E-state index in [0.717, 1.165) is 28.0 Å². The molecule has 0 saturated carbocycles. The minimum Gasteiger partial charge on any atom is -0.481 e. The van der Waals surface area contributed by atoms with Crippen molar-refractivity contribution in [3.63, 3.8) is 0 Å². The third-order valence-corrected chi connectivity index (χ3v) is 9.38. The number of carbonyl (C=O) groups excluding carboxylic acids is 1. The molecular weight excluding hydrogens is 528 g/mol. The minimum atomic E-state index is -3.03. The number of rotatable bonds is 8. The Balaban J connectivity index is 1.61. The lowest BCUT2D eigenvalue weighted by Crippen LogP contribution is -2.43. The third kappa shape index (κ3) is 6.39. The van der Waals surface area contributed by atoms with Crippen LogP contribution in [0.5, 0.6) is 5.88 Å². The lowest BCUT2D eigenvalue weighted by atomic mass is 9.80. The largest absolute Gasteiger partial charge is 0.481 e. The quantitative estimate of drug-likeness (QED) is 0.381. The normalized spacial score (nSPS) is 17.3. The second-order valence-electron chi connectivity index (χ2n) is 11.6. The second kappa shape index (κ2) is 11.7. The first kappa shape index (κ1) is 29.7. The lowest BCUT2D eigenvalue weighted by Gasteiger charge is -2.40. The summed E-state index contributed by atoms with van der Waals surface area (Å²) in [5.41, 5.74) is 4.73. The fraction of sp³-hybridized carbons (Fsp3) is 0.500. The number of nitrogens with zero attached hydrogens (tertiary/aromatic N) is 3. The van der Waals surface area contributed by atoms with Crippen LogP contribution in [0.25, 0.3) is 11.0 Å². The number of hydrogen-bond donors (Lipinski definition) is 1. The smallest absolute Gasteiger partial charge is 0.226 e. The molecule has 40 heavy (non-hydrogen) atoms. The molecule has 3 aromatic rings. The van der Waals surface area contributed by atoms with Crippen molar-refractivity contribution in [1.29, 1.82) is 0 Å². The zero-order valence-electron chi connectivity index (χ0n) is 24.4. The Morgan fingerprint density at radius 2 is 1.73 bits per heavy atom. The van der Waals surface area contributed by atoms with Crippen molar-refractivity contribution < 1.29 is 22.7 Å². The average Bonchev–Trinajstić information content (AvgIpc) is 2.92. The van der Waals surface area contributed by atoms with Crippen molar-refractivity contribution in [2.45, 2.75) is 52.7 Å². The topological polar surface area (TPSA) is 111 Å². The monoisotopic (exact) mass is 568 g/mol. The van der Waals surface area contributed by atoms with Crippen molar-refractivity contribution in [2.24, 2.45) is 11.3 Å². The molecule has 1 aliphatic rings. The van der Waals surface area contributed by atoms with Gasteiger partial charge >= 0.3 is 0 Å². The number of hydrogen-bond acceptors (Lipinski definition) is 8. The Kier molecular flexibility index (Phi) is 8.70. The SMILES string of the molecule is COc1ccc2ncc(Nc3ccc([C@H](N(C)C(=O)C4CCS(=O)(=O)CC4)C(C)(C)C)cc3)c(C(C)OC)c2n1. The van der Waals surface area contributed by atoms with E-state index < -0.39 is 9.84 Å². The summed E-state index contributed by atoms with van der Waals surface area (Å²) >= 11 is 0. The zero-order valence-corrected chi connectivity index (χ0v) is 25.2. The number of amides is 1. The van der Waals surface area contributed by atoms with E-state index in [2.05, 4.69) is 36.1 Å². The zero-order chi connectivity index (χ0) is 29.2. The van der Waals surface area contributed by atoms with Crippen LogP contribution in [-0.2, 0) is 19.4 Å². The van der Waals surface area contributed by atoms with Gasteiger partial charge in [-0.05, 0) is 48.9 Å². The Bertz CT molecular complexity index is 1450. The maximum absolute atomic E-state index is 13.4. The van der Waals surface area contributed by atoms with E-state index >= 15 is 0 Å². The molecule has 216 valence electrons. The summed E-state index contributed by atoms with van der Waals surface area (Å²) in [6.45, 7) is 8.30. The van der Waals surface area contributed by atoms with Crippen molar-refractivity contribution in [3.05, 3.63) is 53.7 Å². The van der Waals surface area contributed by atoms with E-state index in [1.165, 1.54) is 0 Å². The summed E-state index contributed by atoms with van der Waals surface area (Å²) < 4.78 is 34.8. The average molecular weight is 569 g/mol. The Hall–Kier alpha value is -3.24. The number of nitrogens with one attached hydrogen (secondary N) is 1. The first-order chi connectivity index (χ1) is 18.8. The molecule has 9 nitrogen and oxygen atoms in total. The highest BCUT2D eigenvalue weighted by molar-refractivity contribution is 7.91. The number of methoxy groups -OCH3 is 2. The molecule has 1 aliphatic heterocycles. The van der Waals surface area contributed by atoms with E-state index in [1.807, 2.05) is 44.3 Å². The van der Waals surface area contributed by atoms with Crippen molar-refractivity contribution in [1.82, 2.24) is 14.9 Å². The number of pyridine rings is 2. The number of fused-ring (bicyclic) bond motifs is 1. The number of carbonyl (C=O) groups is 1. The van der Waals surface area contributed by atoms with Gasteiger partial charge in [0.05, 0.1) is 48.2 Å². The molecule has 3 heterocycles. The van der Waals surface area contributed by atoms with Crippen LogP contribution in [-0.4, -0.2) is 62.0 Å². The molecular formula is C30H40N4O5S. The minimum absolute atomic E-state index is 0.000359. The molecule has 4 rings (SSSR count). The number of anilines is 2. The molecule has 1 amide bonds. The van der Waals surface area contributed by atoms with Gasteiger partial charge in [-0.25, -0.2) is 13.4 Å². The number of ether oxygens (including phenoxy) is 2. The fourth-order valence-corrected chi connectivity index (χ4v) is 7.06. The Labute approximate surface area is 237 Å². The van der Waals surface area contributed by atoms with Crippen LogP contribution >= 0.6 is 0 Å². The van der Waals surface area contributed by atoms with Crippen LogP contribution in [0.3, 0.4) is 0 Å². The number of benzene rings is 1. The van der Waals surface area contributed by atoms with E-state index in [4.69, 9.17) is 9.47 Å². The molecule has 0 radical (unpaired) electrons. The standard InChI is InChI=1S/C30H40N4O5S/c1-19(38-6)26-24(18-31-23-12-13-25(39-7)33-27(23)26)32-22-10-8-20(9-11-22)28(30(2,3)4)34(5)29(35)21-14-16-40(36,37)17-15-21/h8-13,18-19,21,28,32H,14-17H2,1-7H3/t19?,28-/m0/s1. The van der Waals surface area contributed by atoms with E-state index in [-0.39, 0.29) is 40.9 Å². The van der Waals surface area contributed by atoms with Crippen LogP contribution in [0.1, 0.15) is 63.8 Å². The van der Waals surface area contributed by atoms with Crippen LogP contribution in [0, 0.1) is 11.3 Å². The molecule has 1 saturated heterocycles. The Morgan fingerprint density at radius 3 is 2.30 bits per heavy atom. The molecule has 1 fully saturated rings. The summed E-state index contributed by atoms with van der Waals surface area (Å²) in [7, 11) is 2.04. The van der Waals surface area contributed by atoms with E-state index in [9.17, 15) is 13.2 Å². The summed E-state index contributed by atoms with van der Waals surface area (Å²) in [6.07, 6.45) is 2.30. The molecule has 2 atom stereocenters. The van der Waals surface area contributed by atoms with Gasteiger partial charge in [-0.2, -0.15) is 0 Å². The van der Waals surface area contributed by atoms with E-state index in [0.29, 0.717) is 24.2 Å². The summed E-state index contributed by atoms with van der Waals surface area (Å²) in [4.78, 5) is 24.5. The highest BCUT2D eigenvalue weighted by atomic mass is 32.2. The van der Waals surface area contributed by atoms with Gasteiger partial charge in [-0.15, -0.1) is 0 Å². The van der Waals surface area contributed by atoms with Gasteiger partial charge < -0.3 is 19.7 Å². The second-order valence-corrected chi connectivity index (χ2v) is 13.9. The molecule has 2 aromatic heterocycles. The molecule has 1 unspecified atom stereocenters. The Morgan fingerprint density at radius 1 is 1.07 bits per heavy atom. The maximum Gasteiger partial charge on any atom is 0.226 e. The van der Waals surface area contributed by atoms with Crippen LogP contribution < -0.4 is 10.1 Å². The third-order valence-electron chi connectivity index (χ3n) is 7.66. The van der Waals surface area contributed by atoms with Crippen LogP contribution in [0.15, 0.2) is 42.6 Å². The van der Waals surface area contributed by atoms with Crippen LogP contribution in [0.2, 0.25) is 0 Å². The van der Waals surface area contributed by atoms with Gasteiger partial charge in [0.2, 0.25) is 11.8 Å². The maximum atomic E-state index is 13.4. The molecule has 0 spiro atoms. The van der Waals surface area contributed by atoms with Gasteiger partial charge in [-0.3, -0.25) is 9.78 Å². The lowest BCUT2D eigenvalue weighted by molar-refractivity contribution is -0.139. The van der Waals surface area contributed by atoms with Crippen molar-refractivity contribution in [2.75, 3.05) is 38.1 Å². The molecule has 10 heteroatoms. The summed E-state index contributed by atoms with van der Waals surface area (Å²) in [5.74, 6) is 0.386. The van der Waals surface area contributed by atoms with Gasteiger partial charge in [0.1, 0.15) is 15.4 Å². The predicted molar refractivity (Wildman–Crippen MR) is 158 cm³/mol. The summed E-state index contributed by atoms with van der Waals surface area (Å²) in [6, 6.07) is 11.5. The highest BCUT2D eigenvalue weighted by Gasteiger charge is 2.37. The van der Waals surface area contributed by atoms with Gasteiger partial charge in [-0.1, -0.05) is 32.9 Å². The number of sulfone groups is 1. The highest BCUT2D eigenvalue weighted by Crippen LogP contribution is 2.40. The van der Waals surface area contributed by atoms with Gasteiger partial charge in [0.15, 0.2) is 0 Å². The van der Waals surface area contributed by atoms with Crippen molar-refractivity contribution in [3.8, 4) is 5.88 Å². The molecule has 1 aromatic carbocycles. The van der Waals surface area contributed by atoms with Crippen molar-refractivity contribution >= 4 is 38.2 Å². The number of aromatic nitrogens is 2. The van der Waals surface area contributed by atoms with Gasteiger partial charge in [0, 0.05) is 37.4 Å². The van der Waals surface area contributed by atoms with E-state index in [1.54, 1.807) is 31.4 Å². The van der Waals surface area contributed by atoms with Crippen LogP contribution in [0.4, 0.5) is 11.4 Å². The molecule has 1 N–H and O–H groups in total.